The Morgan fingerprint density at radius 1 is 1.18 bits per heavy atom. The lowest BCUT2D eigenvalue weighted by Gasteiger charge is -2.31. The van der Waals surface area contributed by atoms with Crippen molar-refractivity contribution in [1.82, 2.24) is 10.3 Å². The highest BCUT2D eigenvalue weighted by Gasteiger charge is 2.23. The van der Waals surface area contributed by atoms with E-state index in [-0.39, 0.29) is 6.10 Å². The number of para-hydroxylation sites is 1. The molecule has 2 saturated heterocycles. The smallest absolute Gasteiger partial charge is 0.259 e. The van der Waals surface area contributed by atoms with E-state index in [2.05, 4.69) is 34.5 Å². The van der Waals surface area contributed by atoms with Crippen molar-refractivity contribution < 1.29 is 14.2 Å². The van der Waals surface area contributed by atoms with Gasteiger partial charge in [0.2, 0.25) is 0 Å². The standard InChI is InChI=1S/C22H29N3O3/c1-26-20-9-10-21(24-22(20)28-19-11-13-27-16-19)25(18-7-3-2-4-8-18)15-17-6-5-12-23-14-17/h2-4,7-10,17,19,23H,5-6,11-16H2,1H3. The van der Waals surface area contributed by atoms with Crippen molar-refractivity contribution in [3.63, 3.8) is 0 Å². The van der Waals surface area contributed by atoms with E-state index in [0.717, 1.165) is 44.2 Å². The zero-order valence-electron chi connectivity index (χ0n) is 16.5. The van der Waals surface area contributed by atoms with Crippen LogP contribution in [-0.4, -0.2) is 51.0 Å². The van der Waals surface area contributed by atoms with Gasteiger partial charge in [-0.3, -0.25) is 0 Å². The third kappa shape index (κ3) is 4.56. The summed E-state index contributed by atoms with van der Waals surface area (Å²) in [6, 6.07) is 14.4. The van der Waals surface area contributed by atoms with Crippen molar-refractivity contribution in [1.29, 1.82) is 0 Å². The summed E-state index contributed by atoms with van der Waals surface area (Å²) in [6.45, 7) is 4.41. The molecule has 150 valence electrons. The molecule has 6 heteroatoms. The van der Waals surface area contributed by atoms with Crippen molar-refractivity contribution in [3.8, 4) is 11.6 Å². The van der Waals surface area contributed by atoms with Crippen LogP contribution in [0.1, 0.15) is 19.3 Å². The lowest BCUT2D eigenvalue weighted by atomic mass is 9.99. The Balaban J connectivity index is 1.62. The number of anilines is 2. The van der Waals surface area contributed by atoms with Crippen LogP contribution in [-0.2, 0) is 4.74 Å². The van der Waals surface area contributed by atoms with Gasteiger partial charge >= 0.3 is 0 Å². The van der Waals surface area contributed by atoms with E-state index in [9.17, 15) is 0 Å². The number of methoxy groups -OCH3 is 1. The Morgan fingerprint density at radius 2 is 2.07 bits per heavy atom. The molecule has 2 aromatic rings. The van der Waals surface area contributed by atoms with E-state index in [1.54, 1.807) is 7.11 Å². The number of piperidine rings is 1. The molecule has 0 bridgehead atoms. The Labute approximate surface area is 166 Å². The summed E-state index contributed by atoms with van der Waals surface area (Å²) in [5.41, 5.74) is 1.14. The van der Waals surface area contributed by atoms with Gasteiger partial charge in [-0.25, -0.2) is 0 Å². The number of rotatable bonds is 7. The lowest BCUT2D eigenvalue weighted by molar-refractivity contribution is 0.135. The molecule has 2 atom stereocenters. The Morgan fingerprint density at radius 3 is 2.79 bits per heavy atom. The van der Waals surface area contributed by atoms with Gasteiger partial charge in [-0.15, -0.1) is 0 Å². The van der Waals surface area contributed by atoms with E-state index in [4.69, 9.17) is 19.2 Å². The van der Waals surface area contributed by atoms with Crippen LogP contribution >= 0.6 is 0 Å². The zero-order valence-corrected chi connectivity index (χ0v) is 16.5. The predicted octanol–water partition coefficient (Wildman–Crippen LogP) is 3.40. The van der Waals surface area contributed by atoms with Crippen LogP contribution in [0.4, 0.5) is 11.5 Å². The summed E-state index contributed by atoms with van der Waals surface area (Å²) in [7, 11) is 1.65. The van der Waals surface area contributed by atoms with Gasteiger partial charge in [0, 0.05) is 18.7 Å². The fraction of sp³-hybridized carbons (Fsp3) is 0.500. The summed E-state index contributed by atoms with van der Waals surface area (Å²) < 4.78 is 17.0. The van der Waals surface area contributed by atoms with E-state index in [0.29, 0.717) is 24.2 Å². The van der Waals surface area contributed by atoms with E-state index in [1.807, 2.05) is 18.2 Å². The van der Waals surface area contributed by atoms with Crippen LogP contribution in [0.25, 0.3) is 0 Å². The predicted molar refractivity (Wildman–Crippen MR) is 110 cm³/mol. The first-order chi connectivity index (χ1) is 13.8. The molecule has 0 spiro atoms. The number of nitrogens with one attached hydrogen (secondary N) is 1. The molecule has 2 fully saturated rings. The first-order valence-corrected chi connectivity index (χ1v) is 10.2. The molecule has 3 heterocycles. The fourth-order valence-corrected chi connectivity index (χ4v) is 3.85. The summed E-state index contributed by atoms with van der Waals surface area (Å²) in [5.74, 6) is 2.66. The van der Waals surface area contributed by atoms with E-state index < -0.39 is 0 Å². The molecule has 1 N–H and O–H groups in total. The molecule has 28 heavy (non-hydrogen) atoms. The van der Waals surface area contributed by atoms with Crippen LogP contribution in [0.5, 0.6) is 11.6 Å². The Kier molecular flexibility index (Phi) is 6.29. The second-order valence-electron chi connectivity index (χ2n) is 7.44. The third-order valence-electron chi connectivity index (χ3n) is 5.38. The maximum absolute atomic E-state index is 6.11. The quantitative estimate of drug-likeness (QED) is 0.791. The van der Waals surface area contributed by atoms with Crippen LogP contribution in [0, 0.1) is 5.92 Å². The van der Waals surface area contributed by atoms with Gasteiger partial charge in [-0.05, 0) is 56.1 Å². The summed E-state index contributed by atoms with van der Waals surface area (Å²) in [5, 5.41) is 3.52. The van der Waals surface area contributed by atoms with Gasteiger partial charge in [-0.1, -0.05) is 18.2 Å². The SMILES string of the molecule is COc1ccc(N(CC2CCCNC2)c2ccccc2)nc1OC1CCOC1. The van der Waals surface area contributed by atoms with Gasteiger partial charge < -0.3 is 24.4 Å². The Bertz CT molecular complexity index is 744. The van der Waals surface area contributed by atoms with Gasteiger partial charge in [0.15, 0.2) is 5.75 Å². The molecular formula is C22H29N3O3. The lowest BCUT2D eigenvalue weighted by Crippen LogP contribution is -2.37. The maximum atomic E-state index is 6.11. The molecule has 0 saturated carbocycles. The summed E-state index contributed by atoms with van der Waals surface area (Å²) >= 11 is 0. The summed E-state index contributed by atoms with van der Waals surface area (Å²) in [6.07, 6.45) is 3.37. The van der Waals surface area contributed by atoms with Gasteiger partial charge in [0.05, 0.1) is 20.3 Å². The molecular weight excluding hydrogens is 354 g/mol. The van der Waals surface area contributed by atoms with Gasteiger partial charge in [0.1, 0.15) is 11.9 Å². The average molecular weight is 383 g/mol. The highest BCUT2D eigenvalue weighted by Crippen LogP contribution is 2.33. The molecule has 6 nitrogen and oxygen atoms in total. The van der Waals surface area contributed by atoms with Crippen molar-refractivity contribution in [3.05, 3.63) is 42.5 Å². The number of hydrogen-bond donors (Lipinski definition) is 1. The number of aromatic nitrogens is 1. The topological polar surface area (TPSA) is 55.9 Å². The van der Waals surface area contributed by atoms with Crippen LogP contribution in [0.2, 0.25) is 0 Å². The first-order valence-electron chi connectivity index (χ1n) is 10.2. The van der Waals surface area contributed by atoms with Gasteiger partial charge in [-0.2, -0.15) is 4.98 Å². The van der Waals surface area contributed by atoms with Crippen LogP contribution in [0.15, 0.2) is 42.5 Å². The molecule has 2 unspecified atom stereocenters. The number of pyridine rings is 1. The van der Waals surface area contributed by atoms with Crippen molar-refractivity contribution in [2.24, 2.45) is 5.92 Å². The monoisotopic (exact) mass is 383 g/mol. The normalized spacial score (nSPS) is 22.0. The molecule has 2 aliphatic heterocycles. The maximum Gasteiger partial charge on any atom is 0.259 e. The minimum absolute atomic E-state index is 0.0318. The van der Waals surface area contributed by atoms with Crippen LogP contribution in [0.3, 0.4) is 0 Å². The number of hydrogen-bond acceptors (Lipinski definition) is 6. The molecule has 2 aliphatic rings. The second-order valence-corrected chi connectivity index (χ2v) is 7.44. The third-order valence-corrected chi connectivity index (χ3v) is 5.38. The number of nitrogens with zero attached hydrogens (tertiary/aromatic N) is 2. The average Bonchev–Trinajstić information content (AvgIpc) is 3.26. The minimum atomic E-state index is 0.0318. The molecule has 0 aliphatic carbocycles. The Hall–Kier alpha value is -2.31. The van der Waals surface area contributed by atoms with E-state index >= 15 is 0 Å². The molecule has 1 aromatic heterocycles. The highest BCUT2D eigenvalue weighted by molar-refractivity contribution is 5.61. The van der Waals surface area contributed by atoms with Crippen molar-refractivity contribution in [2.45, 2.75) is 25.4 Å². The zero-order chi connectivity index (χ0) is 19.2. The highest BCUT2D eigenvalue weighted by atomic mass is 16.6. The molecule has 0 amide bonds. The van der Waals surface area contributed by atoms with Crippen molar-refractivity contribution >= 4 is 11.5 Å². The van der Waals surface area contributed by atoms with Crippen LogP contribution < -0.4 is 19.7 Å². The molecule has 4 rings (SSSR count). The summed E-state index contributed by atoms with van der Waals surface area (Å²) in [4.78, 5) is 7.14. The fourth-order valence-electron chi connectivity index (χ4n) is 3.85. The minimum Gasteiger partial charge on any atom is -0.491 e. The largest absolute Gasteiger partial charge is 0.491 e. The van der Waals surface area contributed by atoms with Crippen molar-refractivity contribution in [2.75, 3.05) is 44.9 Å². The number of benzene rings is 1. The number of ether oxygens (including phenoxy) is 3. The first kappa shape index (κ1) is 19.0. The molecule has 0 radical (unpaired) electrons. The second kappa shape index (κ2) is 9.26. The van der Waals surface area contributed by atoms with Gasteiger partial charge in [0.25, 0.3) is 5.88 Å². The molecule has 1 aromatic carbocycles. The van der Waals surface area contributed by atoms with E-state index in [1.165, 1.54) is 12.8 Å².